The van der Waals surface area contributed by atoms with Crippen LogP contribution in [0.3, 0.4) is 0 Å². The Bertz CT molecular complexity index is 758. The van der Waals surface area contributed by atoms with Crippen LogP contribution < -0.4 is 5.32 Å². The van der Waals surface area contributed by atoms with Crippen molar-refractivity contribution >= 4 is 23.7 Å². The topological polar surface area (TPSA) is 92.3 Å². The van der Waals surface area contributed by atoms with Crippen molar-refractivity contribution in [3.63, 3.8) is 0 Å². The van der Waals surface area contributed by atoms with Gasteiger partial charge in [0.05, 0.1) is 11.1 Å². The van der Waals surface area contributed by atoms with Gasteiger partial charge in [-0.15, -0.1) is 0 Å². The fourth-order valence-electron chi connectivity index (χ4n) is 2.04. The van der Waals surface area contributed by atoms with Gasteiger partial charge in [0, 0.05) is 25.0 Å². The van der Waals surface area contributed by atoms with Crippen molar-refractivity contribution in [3.05, 3.63) is 53.3 Å². The highest BCUT2D eigenvalue weighted by molar-refractivity contribution is 6.22. The van der Waals surface area contributed by atoms with Gasteiger partial charge in [0.1, 0.15) is 0 Å². The van der Waals surface area contributed by atoms with E-state index in [1.54, 1.807) is 6.07 Å². The summed E-state index contributed by atoms with van der Waals surface area (Å²) in [7, 11) is 1.40. The van der Waals surface area contributed by atoms with Crippen molar-refractivity contribution in [1.29, 1.82) is 0 Å². The van der Waals surface area contributed by atoms with Crippen LogP contribution in [0.2, 0.25) is 0 Å². The summed E-state index contributed by atoms with van der Waals surface area (Å²) in [6.07, 6.45) is 3.00. The molecule has 0 bridgehead atoms. The number of fused-ring (bicyclic) bond motifs is 1. The number of carbonyl (C=O) groups excluding carboxylic acids is 3. The Morgan fingerprint density at radius 3 is 2.48 bits per heavy atom. The Labute approximate surface area is 119 Å². The van der Waals surface area contributed by atoms with E-state index in [2.05, 4.69) is 15.3 Å². The van der Waals surface area contributed by atoms with E-state index in [1.807, 2.05) is 0 Å². The van der Waals surface area contributed by atoms with Gasteiger partial charge in [0.2, 0.25) is 5.95 Å². The molecule has 104 valence electrons. The number of amides is 3. The van der Waals surface area contributed by atoms with Crippen LogP contribution in [0.1, 0.15) is 31.1 Å². The van der Waals surface area contributed by atoms with Crippen LogP contribution in [0.15, 0.2) is 36.7 Å². The standard InChI is InChI=1S/C14H10N4O3/c1-18-12(20)9-4-3-8(7-10(9)13(18)21)11(19)17-14-15-5-2-6-16-14/h2-7H,1H3,(H,15,16,17,19). The van der Waals surface area contributed by atoms with E-state index in [-0.39, 0.29) is 23.0 Å². The number of imide groups is 1. The van der Waals surface area contributed by atoms with Gasteiger partial charge >= 0.3 is 0 Å². The van der Waals surface area contributed by atoms with E-state index in [1.165, 1.54) is 37.6 Å². The van der Waals surface area contributed by atoms with E-state index in [9.17, 15) is 14.4 Å². The highest BCUT2D eigenvalue weighted by Crippen LogP contribution is 2.22. The molecule has 0 saturated heterocycles. The Morgan fingerprint density at radius 2 is 1.76 bits per heavy atom. The third-order valence-electron chi connectivity index (χ3n) is 3.14. The minimum atomic E-state index is -0.446. The Balaban J connectivity index is 1.90. The molecular formula is C14H10N4O3. The van der Waals surface area contributed by atoms with Crippen LogP contribution in [-0.2, 0) is 0 Å². The molecule has 2 aromatic rings. The van der Waals surface area contributed by atoms with Crippen LogP contribution in [0, 0.1) is 0 Å². The number of rotatable bonds is 2. The van der Waals surface area contributed by atoms with Crippen LogP contribution in [-0.4, -0.2) is 39.6 Å². The molecule has 0 aliphatic carbocycles. The van der Waals surface area contributed by atoms with Crippen molar-refractivity contribution in [1.82, 2.24) is 14.9 Å². The molecule has 21 heavy (non-hydrogen) atoms. The van der Waals surface area contributed by atoms with Gasteiger partial charge in [-0.3, -0.25) is 24.6 Å². The summed E-state index contributed by atoms with van der Waals surface area (Å²) in [6.45, 7) is 0. The monoisotopic (exact) mass is 282 g/mol. The number of carbonyl (C=O) groups is 3. The van der Waals surface area contributed by atoms with Gasteiger partial charge < -0.3 is 0 Å². The molecule has 3 amide bonds. The third kappa shape index (κ3) is 2.14. The molecular weight excluding hydrogens is 272 g/mol. The molecule has 1 aromatic carbocycles. The Hall–Kier alpha value is -3.09. The van der Waals surface area contributed by atoms with E-state index in [0.717, 1.165) is 4.90 Å². The predicted octanol–water partition coefficient (Wildman–Crippen LogP) is 0.955. The number of hydrogen-bond acceptors (Lipinski definition) is 5. The van der Waals surface area contributed by atoms with Crippen molar-refractivity contribution < 1.29 is 14.4 Å². The molecule has 1 aromatic heterocycles. The van der Waals surface area contributed by atoms with E-state index in [4.69, 9.17) is 0 Å². The minimum absolute atomic E-state index is 0.169. The van der Waals surface area contributed by atoms with E-state index in [0.29, 0.717) is 5.56 Å². The fourth-order valence-corrected chi connectivity index (χ4v) is 2.04. The third-order valence-corrected chi connectivity index (χ3v) is 3.14. The first kappa shape index (κ1) is 12.9. The fraction of sp³-hybridized carbons (Fsp3) is 0.0714. The number of hydrogen-bond donors (Lipinski definition) is 1. The number of anilines is 1. The lowest BCUT2D eigenvalue weighted by molar-refractivity contribution is 0.0693. The van der Waals surface area contributed by atoms with Crippen LogP contribution >= 0.6 is 0 Å². The highest BCUT2D eigenvalue weighted by Gasteiger charge is 2.33. The minimum Gasteiger partial charge on any atom is -0.290 e. The number of aromatic nitrogens is 2. The molecule has 0 radical (unpaired) electrons. The van der Waals surface area contributed by atoms with Gasteiger partial charge in [-0.2, -0.15) is 0 Å². The molecule has 0 atom stereocenters. The Morgan fingerprint density at radius 1 is 1.10 bits per heavy atom. The summed E-state index contributed by atoms with van der Waals surface area (Å²) in [5.41, 5.74) is 0.789. The van der Waals surface area contributed by atoms with Gasteiger partial charge in [-0.05, 0) is 24.3 Å². The highest BCUT2D eigenvalue weighted by atomic mass is 16.2. The average Bonchev–Trinajstić information content (AvgIpc) is 2.73. The number of benzene rings is 1. The van der Waals surface area contributed by atoms with Gasteiger partial charge in [-0.25, -0.2) is 9.97 Å². The first-order valence-corrected chi connectivity index (χ1v) is 6.13. The molecule has 1 aliphatic rings. The summed E-state index contributed by atoms with van der Waals surface area (Å²) in [4.78, 5) is 44.5. The molecule has 7 heteroatoms. The lowest BCUT2D eigenvalue weighted by Gasteiger charge is -2.04. The maximum atomic E-state index is 12.1. The lowest BCUT2D eigenvalue weighted by atomic mass is 10.1. The van der Waals surface area contributed by atoms with Crippen LogP contribution in [0.5, 0.6) is 0 Å². The summed E-state index contributed by atoms with van der Waals surface area (Å²) >= 11 is 0. The van der Waals surface area contributed by atoms with Crippen molar-refractivity contribution in [3.8, 4) is 0 Å². The molecule has 0 spiro atoms. The van der Waals surface area contributed by atoms with Crippen LogP contribution in [0.25, 0.3) is 0 Å². The molecule has 1 aliphatic heterocycles. The zero-order valence-electron chi connectivity index (χ0n) is 11.0. The SMILES string of the molecule is CN1C(=O)c2ccc(C(=O)Nc3ncccn3)cc2C1=O. The molecule has 3 rings (SSSR count). The predicted molar refractivity (Wildman–Crippen MR) is 72.9 cm³/mol. The summed E-state index contributed by atoms with van der Waals surface area (Å²) in [5, 5.41) is 2.52. The first-order valence-electron chi connectivity index (χ1n) is 6.13. The second-order valence-electron chi connectivity index (χ2n) is 4.46. The summed E-state index contributed by atoms with van der Waals surface area (Å²) in [6, 6.07) is 5.99. The Kier molecular flexibility index (Phi) is 2.94. The zero-order chi connectivity index (χ0) is 15.0. The van der Waals surface area contributed by atoms with Gasteiger partial charge in [0.15, 0.2) is 0 Å². The van der Waals surface area contributed by atoms with E-state index >= 15 is 0 Å². The van der Waals surface area contributed by atoms with Crippen molar-refractivity contribution in [2.75, 3.05) is 12.4 Å². The summed E-state index contributed by atoms with van der Waals surface area (Å²) < 4.78 is 0. The molecule has 7 nitrogen and oxygen atoms in total. The van der Waals surface area contributed by atoms with Gasteiger partial charge in [0.25, 0.3) is 17.7 Å². The number of nitrogens with zero attached hydrogens (tertiary/aromatic N) is 3. The smallest absolute Gasteiger partial charge is 0.261 e. The van der Waals surface area contributed by atoms with E-state index < -0.39 is 11.8 Å². The average molecular weight is 282 g/mol. The molecule has 1 N–H and O–H groups in total. The van der Waals surface area contributed by atoms with Crippen LogP contribution in [0.4, 0.5) is 5.95 Å². The van der Waals surface area contributed by atoms with Crippen molar-refractivity contribution in [2.24, 2.45) is 0 Å². The second-order valence-corrected chi connectivity index (χ2v) is 4.46. The van der Waals surface area contributed by atoms with Gasteiger partial charge in [-0.1, -0.05) is 0 Å². The number of nitrogens with one attached hydrogen (secondary N) is 1. The zero-order valence-corrected chi connectivity index (χ0v) is 11.0. The molecule has 0 unspecified atom stereocenters. The first-order chi connectivity index (χ1) is 10.1. The maximum Gasteiger partial charge on any atom is 0.261 e. The second kappa shape index (κ2) is 4.78. The molecule has 2 heterocycles. The maximum absolute atomic E-state index is 12.1. The quantitative estimate of drug-likeness (QED) is 0.828. The largest absolute Gasteiger partial charge is 0.290 e. The van der Waals surface area contributed by atoms with Crippen molar-refractivity contribution in [2.45, 2.75) is 0 Å². The lowest BCUT2D eigenvalue weighted by Crippen LogP contribution is -2.24. The normalized spacial score (nSPS) is 13.3. The summed E-state index contributed by atoms with van der Waals surface area (Å²) in [5.74, 6) is -1.06. The molecule has 0 saturated carbocycles. The molecule has 0 fully saturated rings.